The molecule has 6 heteroatoms. The minimum absolute atomic E-state index is 0.00561. The van der Waals surface area contributed by atoms with E-state index < -0.39 is 0 Å². The number of nitrogens with one attached hydrogen (secondary N) is 1. The van der Waals surface area contributed by atoms with Crippen LogP contribution in [0.1, 0.15) is 29.6 Å². The Bertz CT molecular complexity index is 774. The quantitative estimate of drug-likeness (QED) is 0.730. The van der Waals surface area contributed by atoms with E-state index in [1.165, 1.54) is 0 Å². The number of amides is 2. The lowest BCUT2D eigenvalue weighted by atomic mass is 10.1. The SMILES string of the molecule is O=C(CCSc1ccc(Cl)cc1)Nc1ccccc1C(=O)N1CCCC1. The summed E-state index contributed by atoms with van der Waals surface area (Å²) in [7, 11) is 0. The molecule has 0 saturated carbocycles. The number of anilines is 1. The Balaban J connectivity index is 1.55. The van der Waals surface area contributed by atoms with E-state index in [2.05, 4.69) is 5.32 Å². The Kier molecular flexibility index (Phi) is 6.58. The number of nitrogens with zero attached hydrogens (tertiary/aromatic N) is 1. The maximum atomic E-state index is 12.6. The molecule has 2 aromatic rings. The van der Waals surface area contributed by atoms with Crippen LogP contribution >= 0.6 is 23.4 Å². The van der Waals surface area contributed by atoms with Gasteiger partial charge in [0.1, 0.15) is 0 Å². The molecule has 3 rings (SSSR count). The molecule has 1 fully saturated rings. The van der Waals surface area contributed by atoms with E-state index in [0.29, 0.717) is 28.4 Å². The van der Waals surface area contributed by atoms with Gasteiger partial charge in [-0.05, 0) is 49.2 Å². The largest absolute Gasteiger partial charge is 0.339 e. The molecule has 0 bridgehead atoms. The second-order valence-corrected chi connectivity index (χ2v) is 7.75. The summed E-state index contributed by atoms with van der Waals surface area (Å²) in [6.45, 7) is 1.58. The molecule has 0 unspecified atom stereocenters. The van der Waals surface area contributed by atoms with Gasteiger partial charge in [0.25, 0.3) is 5.91 Å². The van der Waals surface area contributed by atoms with Crippen LogP contribution in [-0.2, 0) is 4.79 Å². The molecule has 0 atom stereocenters. The Morgan fingerprint density at radius 2 is 1.73 bits per heavy atom. The predicted octanol–water partition coefficient (Wildman–Crippen LogP) is 4.70. The molecule has 2 aromatic carbocycles. The number of carbonyl (C=O) groups excluding carboxylic acids is 2. The average molecular weight is 389 g/mol. The van der Waals surface area contributed by atoms with E-state index in [1.807, 2.05) is 41.3 Å². The predicted molar refractivity (Wildman–Crippen MR) is 107 cm³/mol. The molecule has 1 heterocycles. The van der Waals surface area contributed by atoms with Crippen LogP contribution in [0.25, 0.3) is 0 Å². The molecule has 1 N–H and O–H groups in total. The average Bonchev–Trinajstić information content (AvgIpc) is 3.18. The molecule has 0 spiro atoms. The highest BCUT2D eigenvalue weighted by Crippen LogP contribution is 2.23. The Labute approximate surface area is 162 Å². The van der Waals surface area contributed by atoms with Crippen molar-refractivity contribution in [2.24, 2.45) is 0 Å². The Hall–Kier alpha value is -1.98. The number of halogens is 1. The third-order valence-electron chi connectivity index (χ3n) is 4.24. The molecule has 1 saturated heterocycles. The Morgan fingerprint density at radius 3 is 2.46 bits per heavy atom. The number of rotatable bonds is 6. The van der Waals surface area contributed by atoms with Crippen molar-refractivity contribution in [2.75, 3.05) is 24.2 Å². The molecule has 1 aliphatic rings. The number of para-hydroxylation sites is 1. The monoisotopic (exact) mass is 388 g/mol. The van der Waals surface area contributed by atoms with Gasteiger partial charge in [-0.1, -0.05) is 23.7 Å². The van der Waals surface area contributed by atoms with Crippen LogP contribution in [0.2, 0.25) is 5.02 Å². The summed E-state index contributed by atoms with van der Waals surface area (Å²) in [6.07, 6.45) is 2.46. The molecule has 4 nitrogen and oxygen atoms in total. The number of hydrogen-bond donors (Lipinski definition) is 1. The molecule has 2 amide bonds. The van der Waals surface area contributed by atoms with Gasteiger partial charge < -0.3 is 10.2 Å². The third kappa shape index (κ3) is 5.02. The first kappa shape index (κ1) is 18.8. The Morgan fingerprint density at radius 1 is 1.04 bits per heavy atom. The van der Waals surface area contributed by atoms with Crippen LogP contribution in [0, 0.1) is 0 Å². The van der Waals surface area contributed by atoms with Crippen molar-refractivity contribution in [1.82, 2.24) is 4.90 Å². The van der Waals surface area contributed by atoms with Crippen molar-refractivity contribution in [3.8, 4) is 0 Å². The van der Waals surface area contributed by atoms with Crippen molar-refractivity contribution in [1.29, 1.82) is 0 Å². The van der Waals surface area contributed by atoms with Gasteiger partial charge in [0.2, 0.25) is 5.91 Å². The molecule has 26 heavy (non-hydrogen) atoms. The first-order valence-electron chi connectivity index (χ1n) is 8.70. The third-order valence-corrected chi connectivity index (χ3v) is 5.50. The van der Waals surface area contributed by atoms with E-state index in [-0.39, 0.29) is 11.8 Å². The lowest BCUT2D eigenvalue weighted by Gasteiger charge is -2.18. The fourth-order valence-corrected chi connectivity index (χ4v) is 3.85. The summed E-state index contributed by atoms with van der Waals surface area (Å²) in [6, 6.07) is 14.8. The highest BCUT2D eigenvalue weighted by Gasteiger charge is 2.22. The lowest BCUT2D eigenvalue weighted by molar-refractivity contribution is -0.115. The van der Waals surface area contributed by atoms with Crippen molar-refractivity contribution in [2.45, 2.75) is 24.2 Å². The molecule has 0 aromatic heterocycles. The zero-order valence-corrected chi connectivity index (χ0v) is 16.0. The number of hydrogen-bond acceptors (Lipinski definition) is 3. The first-order chi connectivity index (χ1) is 12.6. The number of thioether (sulfide) groups is 1. The molecule has 0 radical (unpaired) electrons. The van der Waals surface area contributed by atoms with E-state index in [9.17, 15) is 9.59 Å². The lowest BCUT2D eigenvalue weighted by Crippen LogP contribution is -2.28. The molecule has 1 aliphatic heterocycles. The fourth-order valence-electron chi connectivity index (χ4n) is 2.87. The molecule has 0 aliphatic carbocycles. The van der Waals surface area contributed by atoms with Crippen LogP contribution in [-0.4, -0.2) is 35.6 Å². The van der Waals surface area contributed by atoms with Gasteiger partial charge in [0.15, 0.2) is 0 Å². The normalized spacial score (nSPS) is 13.7. The topological polar surface area (TPSA) is 49.4 Å². The van der Waals surface area contributed by atoms with Crippen LogP contribution in [0.4, 0.5) is 5.69 Å². The first-order valence-corrected chi connectivity index (χ1v) is 10.1. The van der Waals surface area contributed by atoms with Gasteiger partial charge in [0, 0.05) is 35.2 Å². The second-order valence-electron chi connectivity index (χ2n) is 6.15. The van der Waals surface area contributed by atoms with Crippen LogP contribution < -0.4 is 5.32 Å². The van der Waals surface area contributed by atoms with Gasteiger partial charge in [0.05, 0.1) is 11.3 Å². The van der Waals surface area contributed by atoms with Crippen LogP contribution in [0.15, 0.2) is 53.4 Å². The maximum absolute atomic E-state index is 12.6. The van der Waals surface area contributed by atoms with Gasteiger partial charge in [-0.25, -0.2) is 0 Å². The zero-order chi connectivity index (χ0) is 18.4. The summed E-state index contributed by atoms with van der Waals surface area (Å²) in [5.74, 6) is 0.567. The minimum Gasteiger partial charge on any atom is -0.339 e. The van der Waals surface area contributed by atoms with Crippen molar-refractivity contribution in [3.05, 3.63) is 59.1 Å². The molecule has 136 valence electrons. The minimum atomic E-state index is -0.0897. The number of likely N-dealkylation sites (tertiary alicyclic amines) is 1. The highest BCUT2D eigenvalue weighted by molar-refractivity contribution is 7.99. The highest BCUT2D eigenvalue weighted by atomic mass is 35.5. The second kappa shape index (κ2) is 9.10. The van der Waals surface area contributed by atoms with E-state index >= 15 is 0 Å². The fraction of sp³-hybridized carbons (Fsp3) is 0.300. The van der Waals surface area contributed by atoms with Gasteiger partial charge in [-0.3, -0.25) is 9.59 Å². The standard InChI is InChI=1S/C20H21ClN2O2S/c21-15-7-9-16(10-8-15)26-14-11-19(24)22-18-6-2-1-5-17(18)20(25)23-12-3-4-13-23/h1-2,5-10H,3-4,11-14H2,(H,22,24). The van der Waals surface area contributed by atoms with Crippen molar-refractivity contribution >= 4 is 40.9 Å². The maximum Gasteiger partial charge on any atom is 0.255 e. The van der Waals surface area contributed by atoms with Crippen LogP contribution in [0.3, 0.4) is 0 Å². The molecular weight excluding hydrogens is 368 g/mol. The van der Waals surface area contributed by atoms with Crippen molar-refractivity contribution < 1.29 is 9.59 Å². The summed E-state index contributed by atoms with van der Waals surface area (Å²) in [5, 5.41) is 3.59. The van der Waals surface area contributed by atoms with E-state index in [0.717, 1.165) is 30.8 Å². The summed E-state index contributed by atoms with van der Waals surface area (Å²) < 4.78 is 0. The number of carbonyl (C=O) groups is 2. The van der Waals surface area contributed by atoms with Crippen molar-refractivity contribution in [3.63, 3.8) is 0 Å². The smallest absolute Gasteiger partial charge is 0.255 e. The van der Waals surface area contributed by atoms with Gasteiger partial charge in [-0.15, -0.1) is 11.8 Å². The summed E-state index contributed by atoms with van der Waals surface area (Å²) >= 11 is 7.47. The number of benzene rings is 2. The van der Waals surface area contributed by atoms with E-state index in [4.69, 9.17) is 11.6 Å². The van der Waals surface area contributed by atoms with Gasteiger partial charge >= 0.3 is 0 Å². The van der Waals surface area contributed by atoms with Crippen LogP contribution in [0.5, 0.6) is 0 Å². The molecular formula is C20H21ClN2O2S. The zero-order valence-electron chi connectivity index (χ0n) is 14.4. The van der Waals surface area contributed by atoms with Gasteiger partial charge in [-0.2, -0.15) is 0 Å². The summed E-state index contributed by atoms with van der Waals surface area (Å²) in [5.41, 5.74) is 1.15. The van der Waals surface area contributed by atoms with E-state index in [1.54, 1.807) is 23.9 Å². The summed E-state index contributed by atoms with van der Waals surface area (Å²) in [4.78, 5) is 27.8.